The summed E-state index contributed by atoms with van der Waals surface area (Å²) in [5.41, 5.74) is 0.164. The van der Waals surface area contributed by atoms with Crippen molar-refractivity contribution in [2.45, 2.75) is 64.3 Å². The first-order chi connectivity index (χ1) is 10.5. The highest BCUT2D eigenvalue weighted by Gasteiger charge is 2.46. The van der Waals surface area contributed by atoms with E-state index in [1.165, 1.54) is 44.9 Å². The number of morpholine rings is 1. The van der Waals surface area contributed by atoms with Gasteiger partial charge in [0.1, 0.15) is 6.61 Å². The number of carbonyl (C=O) groups excluding carboxylic acids is 1. The van der Waals surface area contributed by atoms with Crippen LogP contribution in [-0.4, -0.2) is 49.2 Å². The lowest BCUT2D eigenvalue weighted by molar-refractivity contribution is -0.160. The molecule has 126 valence electrons. The lowest BCUT2D eigenvalue weighted by Crippen LogP contribution is -2.61. The molecular formula is C18H32N2O2. The molecule has 4 heteroatoms. The molecule has 2 saturated heterocycles. The fourth-order valence-electron chi connectivity index (χ4n) is 4.83. The van der Waals surface area contributed by atoms with Crippen molar-refractivity contribution in [3.63, 3.8) is 0 Å². The van der Waals surface area contributed by atoms with Gasteiger partial charge in [0, 0.05) is 6.54 Å². The zero-order chi connectivity index (χ0) is 15.6. The van der Waals surface area contributed by atoms with Crippen molar-refractivity contribution in [1.82, 2.24) is 10.2 Å². The molecule has 0 unspecified atom stereocenters. The van der Waals surface area contributed by atoms with Crippen LogP contribution in [0.3, 0.4) is 0 Å². The number of nitrogens with zero attached hydrogens (tertiary/aromatic N) is 1. The van der Waals surface area contributed by atoms with Gasteiger partial charge in [-0.15, -0.1) is 0 Å². The van der Waals surface area contributed by atoms with E-state index in [0.29, 0.717) is 12.0 Å². The summed E-state index contributed by atoms with van der Waals surface area (Å²) in [5, 5.41) is 3.52. The highest BCUT2D eigenvalue weighted by molar-refractivity contribution is 5.79. The van der Waals surface area contributed by atoms with Gasteiger partial charge in [-0.1, -0.05) is 19.3 Å². The summed E-state index contributed by atoms with van der Waals surface area (Å²) >= 11 is 0. The van der Waals surface area contributed by atoms with Crippen molar-refractivity contribution in [2.24, 2.45) is 11.3 Å². The van der Waals surface area contributed by atoms with Crippen molar-refractivity contribution in [3.05, 3.63) is 0 Å². The number of hydrogen-bond acceptors (Lipinski definition) is 3. The molecule has 4 nitrogen and oxygen atoms in total. The summed E-state index contributed by atoms with van der Waals surface area (Å²) < 4.78 is 5.49. The lowest BCUT2D eigenvalue weighted by Gasteiger charge is -2.52. The highest BCUT2D eigenvalue weighted by Crippen LogP contribution is 2.46. The van der Waals surface area contributed by atoms with Crippen LogP contribution in [0.15, 0.2) is 0 Å². The van der Waals surface area contributed by atoms with E-state index < -0.39 is 0 Å². The number of rotatable bonds is 3. The first-order valence-corrected chi connectivity index (χ1v) is 9.12. The average molecular weight is 308 g/mol. The SMILES string of the molecule is CC1(C)COCC(=O)N1CC1(C2CCCCC2)CCNCC1. The van der Waals surface area contributed by atoms with Crippen LogP contribution >= 0.6 is 0 Å². The van der Waals surface area contributed by atoms with Gasteiger partial charge in [0.25, 0.3) is 0 Å². The highest BCUT2D eigenvalue weighted by atomic mass is 16.5. The van der Waals surface area contributed by atoms with Crippen LogP contribution in [0, 0.1) is 11.3 Å². The van der Waals surface area contributed by atoms with Crippen LogP contribution in [0.1, 0.15) is 58.8 Å². The largest absolute Gasteiger partial charge is 0.369 e. The Bertz CT molecular complexity index is 396. The number of ether oxygens (including phenoxy) is 1. The summed E-state index contributed by atoms with van der Waals surface area (Å²) in [5.74, 6) is 0.986. The minimum absolute atomic E-state index is 0.165. The Balaban J connectivity index is 1.81. The normalized spacial score (nSPS) is 29.5. The van der Waals surface area contributed by atoms with E-state index >= 15 is 0 Å². The Kier molecular flexibility index (Phi) is 4.79. The van der Waals surface area contributed by atoms with Crippen LogP contribution in [-0.2, 0) is 9.53 Å². The smallest absolute Gasteiger partial charge is 0.249 e. The topological polar surface area (TPSA) is 41.6 Å². The van der Waals surface area contributed by atoms with Crippen LogP contribution in [0.25, 0.3) is 0 Å². The lowest BCUT2D eigenvalue weighted by atomic mass is 9.63. The van der Waals surface area contributed by atoms with Gasteiger partial charge in [-0.2, -0.15) is 0 Å². The summed E-state index contributed by atoms with van der Waals surface area (Å²) in [6.07, 6.45) is 9.31. The first kappa shape index (κ1) is 16.3. The van der Waals surface area contributed by atoms with Gasteiger partial charge in [0.15, 0.2) is 0 Å². The molecule has 22 heavy (non-hydrogen) atoms. The van der Waals surface area contributed by atoms with Crippen LogP contribution < -0.4 is 5.32 Å². The predicted molar refractivity (Wildman–Crippen MR) is 87.7 cm³/mol. The van der Waals surface area contributed by atoms with E-state index in [0.717, 1.165) is 25.6 Å². The van der Waals surface area contributed by atoms with E-state index in [2.05, 4.69) is 24.1 Å². The maximum Gasteiger partial charge on any atom is 0.249 e. The molecule has 0 radical (unpaired) electrons. The van der Waals surface area contributed by atoms with Gasteiger partial charge in [-0.3, -0.25) is 4.79 Å². The Morgan fingerprint density at radius 3 is 2.50 bits per heavy atom. The maximum absolute atomic E-state index is 12.5. The number of amides is 1. The summed E-state index contributed by atoms with van der Waals surface area (Å²) in [6.45, 7) is 8.39. The first-order valence-electron chi connectivity index (χ1n) is 9.12. The van der Waals surface area contributed by atoms with Crippen molar-refractivity contribution in [3.8, 4) is 0 Å². The predicted octanol–water partition coefficient (Wildman–Crippen LogP) is 2.57. The van der Waals surface area contributed by atoms with Gasteiger partial charge in [0.05, 0.1) is 12.1 Å². The van der Waals surface area contributed by atoms with Gasteiger partial charge >= 0.3 is 0 Å². The molecule has 1 saturated carbocycles. The molecule has 0 aromatic carbocycles. The van der Waals surface area contributed by atoms with Gasteiger partial charge in [0.2, 0.25) is 5.91 Å². The summed E-state index contributed by atoms with van der Waals surface area (Å²) in [6, 6.07) is 0. The Hall–Kier alpha value is -0.610. The van der Waals surface area contributed by atoms with Gasteiger partial charge in [-0.05, 0) is 64.0 Å². The fourth-order valence-corrected chi connectivity index (χ4v) is 4.83. The molecule has 0 aromatic heterocycles. The molecule has 0 aromatic rings. The zero-order valence-corrected chi connectivity index (χ0v) is 14.3. The standard InChI is InChI=1S/C18H32N2O2/c1-17(2)14-22-12-16(21)20(17)13-18(8-10-19-11-9-18)15-6-4-3-5-7-15/h15,19H,3-14H2,1-2H3. The number of hydrogen-bond donors (Lipinski definition) is 1. The quantitative estimate of drug-likeness (QED) is 0.871. The minimum Gasteiger partial charge on any atom is -0.369 e. The number of nitrogens with one attached hydrogen (secondary N) is 1. The molecule has 0 atom stereocenters. The van der Waals surface area contributed by atoms with E-state index in [1.807, 2.05) is 0 Å². The van der Waals surface area contributed by atoms with E-state index in [-0.39, 0.29) is 18.1 Å². The molecule has 1 aliphatic carbocycles. The van der Waals surface area contributed by atoms with E-state index in [1.54, 1.807) is 0 Å². The monoisotopic (exact) mass is 308 g/mol. The molecule has 1 amide bonds. The summed E-state index contributed by atoms with van der Waals surface area (Å²) in [7, 11) is 0. The molecule has 3 aliphatic rings. The van der Waals surface area contributed by atoms with E-state index in [9.17, 15) is 4.79 Å². The second kappa shape index (κ2) is 6.48. The van der Waals surface area contributed by atoms with Crippen LogP contribution in [0.2, 0.25) is 0 Å². The van der Waals surface area contributed by atoms with Crippen molar-refractivity contribution < 1.29 is 9.53 Å². The number of piperidine rings is 1. The molecule has 3 fully saturated rings. The molecule has 1 N–H and O–H groups in total. The molecule has 2 heterocycles. The van der Waals surface area contributed by atoms with Gasteiger partial charge in [-0.25, -0.2) is 0 Å². The van der Waals surface area contributed by atoms with Crippen molar-refractivity contribution in [1.29, 1.82) is 0 Å². The molecule has 0 bridgehead atoms. The zero-order valence-electron chi connectivity index (χ0n) is 14.3. The average Bonchev–Trinajstić information content (AvgIpc) is 2.53. The molecule has 3 rings (SSSR count). The van der Waals surface area contributed by atoms with Crippen molar-refractivity contribution in [2.75, 3.05) is 32.8 Å². The number of carbonyl (C=O) groups is 1. The van der Waals surface area contributed by atoms with E-state index in [4.69, 9.17) is 4.74 Å². The Labute approximate surface area is 135 Å². The maximum atomic E-state index is 12.5. The molecule has 0 spiro atoms. The second-order valence-corrected chi connectivity index (χ2v) is 8.23. The third-order valence-corrected chi connectivity index (χ3v) is 6.26. The Morgan fingerprint density at radius 1 is 1.18 bits per heavy atom. The van der Waals surface area contributed by atoms with Gasteiger partial charge < -0.3 is 15.0 Å². The molecule has 2 aliphatic heterocycles. The fraction of sp³-hybridized carbons (Fsp3) is 0.944. The van der Waals surface area contributed by atoms with Crippen molar-refractivity contribution >= 4 is 5.91 Å². The Morgan fingerprint density at radius 2 is 1.86 bits per heavy atom. The van der Waals surface area contributed by atoms with Crippen LogP contribution in [0.4, 0.5) is 0 Å². The third-order valence-electron chi connectivity index (χ3n) is 6.26. The summed E-state index contributed by atoms with van der Waals surface area (Å²) in [4.78, 5) is 14.6. The van der Waals surface area contributed by atoms with Crippen LogP contribution in [0.5, 0.6) is 0 Å². The molecular weight excluding hydrogens is 276 g/mol. The minimum atomic E-state index is -0.165. The third kappa shape index (κ3) is 3.18. The second-order valence-electron chi connectivity index (χ2n) is 8.23.